The van der Waals surface area contributed by atoms with E-state index in [1.165, 1.54) is 10.5 Å². The Labute approximate surface area is 94.6 Å². The molecule has 1 aromatic rings. The first kappa shape index (κ1) is 11.0. The van der Waals surface area contributed by atoms with Crippen molar-refractivity contribution in [2.45, 2.75) is 23.0 Å². The third-order valence-electron chi connectivity index (χ3n) is 2.48. The lowest BCUT2D eigenvalue weighted by atomic mass is 10.1. The van der Waals surface area contributed by atoms with Crippen LogP contribution in [0.3, 0.4) is 0 Å². The van der Waals surface area contributed by atoms with Crippen molar-refractivity contribution in [3.8, 4) is 0 Å². The molecule has 0 bridgehead atoms. The summed E-state index contributed by atoms with van der Waals surface area (Å²) >= 11 is 1.90. The second-order valence-corrected chi connectivity index (χ2v) is 5.05. The van der Waals surface area contributed by atoms with Crippen LogP contribution in [0.15, 0.2) is 29.2 Å². The maximum atomic E-state index is 8.83. The SMILES string of the molecule is OCCCc1ccccc1SC1COC1. The van der Waals surface area contributed by atoms with Gasteiger partial charge in [-0.05, 0) is 24.5 Å². The largest absolute Gasteiger partial charge is 0.396 e. The van der Waals surface area contributed by atoms with E-state index in [4.69, 9.17) is 9.84 Å². The molecule has 0 unspecified atom stereocenters. The monoisotopic (exact) mass is 224 g/mol. The molecule has 1 heterocycles. The molecular formula is C12H16O2S. The average molecular weight is 224 g/mol. The van der Waals surface area contributed by atoms with Gasteiger partial charge in [0.1, 0.15) is 0 Å². The first-order valence-electron chi connectivity index (χ1n) is 5.33. The van der Waals surface area contributed by atoms with Crippen LogP contribution in [-0.2, 0) is 11.2 Å². The highest BCUT2D eigenvalue weighted by atomic mass is 32.2. The number of hydrogen-bond acceptors (Lipinski definition) is 3. The molecule has 1 fully saturated rings. The van der Waals surface area contributed by atoms with E-state index >= 15 is 0 Å². The van der Waals surface area contributed by atoms with Gasteiger partial charge in [-0.15, -0.1) is 11.8 Å². The first-order valence-corrected chi connectivity index (χ1v) is 6.21. The minimum atomic E-state index is 0.269. The van der Waals surface area contributed by atoms with Gasteiger partial charge < -0.3 is 9.84 Å². The fourth-order valence-corrected chi connectivity index (χ4v) is 2.72. The quantitative estimate of drug-likeness (QED) is 0.830. The highest BCUT2D eigenvalue weighted by Crippen LogP contribution is 2.31. The highest BCUT2D eigenvalue weighted by molar-refractivity contribution is 8.00. The van der Waals surface area contributed by atoms with E-state index in [-0.39, 0.29) is 6.61 Å². The van der Waals surface area contributed by atoms with Crippen molar-refractivity contribution in [2.24, 2.45) is 0 Å². The minimum Gasteiger partial charge on any atom is -0.396 e. The van der Waals surface area contributed by atoms with Gasteiger partial charge in [-0.3, -0.25) is 0 Å². The number of aliphatic hydroxyl groups excluding tert-OH is 1. The predicted molar refractivity (Wildman–Crippen MR) is 62.3 cm³/mol. The number of rotatable bonds is 5. The molecule has 1 aromatic carbocycles. The molecular weight excluding hydrogens is 208 g/mol. The molecule has 0 saturated carbocycles. The summed E-state index contributed by atoms with van der Waals surface area (Å²) in [5.74, 6) is 0. The second-order valence-electron chi connectivity index (χ2n) is 3.71. The van der Waals surface area contributed by atoms with Crippen molar-refractivity contribution < 1.29 is 9.84 Å². The number of thioether (sulfide) groups is 1. The molecule has 0 aliphatic carbocycles. The summed E-state index contributed by atoms with van der Waals surface area (Å²) in [6.07, 6.45) is 1.81. The molecule has 1 saturated heterocycles. The molecule has 1 aliphatic rings. The average Bonchev–Trinajstić information content (AvgIpc) is 2.22. The Morgan fingerprint density at radius 3 is 2.80 bits per heavy atom. The number of ether oxygens (including phenoxy) is 1. The summed E-state index contributed by atoms with van der Waals surface area (Å²) in [4.78, 5) is 1.35. The van der Waals surface area contributed by atoms with Gasteiger partial charge in [0.15, 0.2) is 0 Å². The van der Waals surface area contributed by atoms with Crippen LogP contribution in [0.4, 0.5) is 0 Å². The molecule has 15 heavy (non-hydrogen) atoms. The van der Waals surface area contributed by atoms with Crippen LogP contribution in [-0.4, -0.2) is 30.2 Å². The topological polar surface area (TPSA) is 29.5 Å². The number of benzene rings is 1. The van der Waals surface area contributed by atoms with Crippen molar-refractivity contribution >= 4 is 11.8 Å². The van der Waals surface area contributed by atoms with Crippen molar-refractivity contribution in [3.05, 3.63) is 29.8 Å². The Bertz CT molecular complexity index is 310. The normalized spacial score (nSPS) is 16.3. The van der Waals surface area contributed by atoms with Crippen LogP contribution in [0, 0.1) is 0 Å². The summed E-state index contributed by atoms with van der Waals surface area (Å²) in [6.45, 7) is 2.02. The Morgan fingerprint density at radius 1 is 1.33 bits per heavy atom. The zero-order chi connectivity index (χ0) is 10.5. The van der Waals surface area contributed by atoms with Gasteiger partial charge in [-0.2, -0.15) is 0 Å². The standard InChI is InChI=1S/C12H16O2S/c13-7-3-5-10-4-1-2-6-12(10)15-11-8-14-9-11/h1-2,4,6,11,13H,3,5,7-9H2. The third-order valence-corrected chi connectivity index (χ3v) is 3.74. The predicted octanol–water partition coefficient (Wildman–Crippen LogP) is 2.10. The lowest BCUT2D eigenvalue weighted by molar-refractivity contribution is 0.0455. The van der Waals surface area contributed by atoms with Crippen LogP contribution in [0.25, 0.3) is 0 Å². The Hall–Kier alpha value is -0.510. The summed E-state index contributed by atoms with van der Waals surface area (Å²) in [7, 11) is 0. The summed E-state index contributed by atoms with van der Waals surface area (Å²) in [6, 6.07) is 8.45. The molecule has 2 rings (SSSR count). The Kier molecular flexibility index (Phi) is 4.06. The lowest BCUT2D eigenvalue weighted by Crippen LogP contribution is -2.30. The smallest absolute Gasteiger partial charge is 0.0611 e. The zero-order valence-corrected chi connectivity index (χ0v) is 9.50. The van der Waals surface area contributed by atoms with Crippen molar-refractivity contribution in [1.29, 1.82) is 0 Å². The maximum Gasteiger partial charge on any atom is 0.0611 e. The number of aliphatic hydroxyl groups is 1. The zero-order valence-electron chi connectivity index (χ0n) is 8.69. The van der Waals surface area contributed by atoms with Gasteiger partial charge >= 0.3 is 0 Å². The molecule has 0 amide bonds. The Balaban J connectivity index is 1.99. The van der Waals surface area contributed by atoms with Crippen molar-refractivity contribution in [1.82, 2.24) is 0 Å². The fourth-order valence-electron chi connectivity index (χ4n) is 1.56. The van der Waals surface area contributed by atoms with Crippen LogP contribution in [0.2, 0.25) is 0 Å². The highest BCUT2D eigenvalue weighted by Gasteiger charge is 2.20. The molecule has 2 nitrogen and oxygen atoms in total. The van der Waals surface area contributed by atoms with Crippen molar-refractivity contribution in [2.75, 3.05) is 19.8 Å². The van der Waals surface area contributed by atoms with Crippen LogP contribution >= 0.6 is 11.8 Å². The first-order chi connectivity index (χ1) is 7.40. The molecule has 0 atom stereocenters. The van der Waals surface area contributed by atoms with E-state index in [9.17, 15) is 0 Å². The molecule has 82 valence electrons. The minimum absolute atomic E-state index is 0.269. The van der Waals surface area contributed by atoms with Crippen LogP contribution < -0.4 is 0 Å². The molecule has 1 N–H and O–H groups in total. The van der Waals surface area contributed by atoms with E-state index in [2.05, 4.69) is 24.3 Å². The van der Waals surface area contributed by atoms with E-state index in [0.717, 1.165) is 26.1 Å². The van der Waals surface area contributed by atoms with E-state index < -0.39 is 0 Å². The van der Waals surface area contributed by atoms with Crippen molar-refractivity contribution in [3.63, 3.8) is 0 Å². The van der Waals surface area contributed by atoms with E-state index in [0.29, 0.717) is 5.25 Å². The summed E-state index contributed by atoms with van der Waals surface area (Å²) in [5.41, 5.74) is 1.35. The summed E-state index contributed by atoms with van der Waals surface area (Å²) in [5, 5.41) is 9.46. The van der Waals surface area contributed by atoms with Gasteiger partial charge in [0, 0.05) is 11.5 Å². The van der Waals surface area contributed by atoms with Crippen LogP contribution in [0.1, 0.15) is 12.0 Å². The second kappa shape index (κ2) is 5.54. The molecule has 0 spiro atoms. The number of hydrogen-bond donors (Lipinski definition) is 1. The van der Waals surface area contributed by atoms with E-state index in [1.54, 1.807) is 0 Å². The lowest BCUT2D eigenvalue weighted by Gasteiger charge is -2.26. The van der Waals surface area contributed by atoms with Gasteiger partial charge in [-0.1, -0.05) is 18.2 Å². The Morgan fingerprint density at radius 2 is 2.13 bits per heavy atom. The maximum absolute atomic E-state index is 8.83. The third kappa shape index (κ3) is 2.97. The molecule has 1 aliphatic heterocycles. The summed E-state index contributed by atoms with van der Waals surface area (Å²) < 4.78 is 5.17. The van der Waals surface area contributed by atoms with Gasteiger partial charge in [0.25, 0.3) is 0 Å². The van der Waals surface area contributed by atoms with Gasteiger partial charge in [-0.25, -0.2) is 0 Å². The van der Waals surface area contributed by atoms with Gasteiger partial charge in [0.2, 0.25) is 0 Å². The molecule has 0 aromatic heterocycles. The molecule has 0 radical (unpaired) electrons. The van der Waals surface area contributed by atoms with Crippen LogP contribution in [0.5, 0.6) is 0 Å². The van der Waals surface area contributed by atoms with E-state index in [1.807, 2.05) is 11.8 Å². The van der Waals surface area contributed by atoms with Gasteiger partial charge in [0.05, 0.1) is 18.5 Å². The number of aryl methyl sites for hydroxylation is 1. The fraction of sp³-hybridized carbons (Fsp3) is 0.500. The molecule has 3 heteroatoms.